The van der Waals surface area contributed by atoms with Crippen LogP contribution in [0.4, 0.5) is 0 Å². The molecule has 0 aromatic carbocycles. The Morgan fingerprint density at radius 1 is 1.06 bits per heavy atom. The molecule has 0 fully saturated rings. The van der Waals surface area contributed by atoms with Crippen molar-refractivity contribution >= 4 is 5.97 Å². The van der Waals surface area contributed by atoms with Gasteiger partial charge < -0.3 is 9.84 Å². The first-order valence-electron chi connectivity index (χ1n) is 6.22. The van der Waals surface area contributed by atoms with Crippen molar-refractivity contribution in [1.82, 2.24) is 0 Å². The fourth-order valence-corrected chi connectivity index (χ4v) is 2.00. The summed E-state index contributed by atoms with van der Waals surface area (Å²) in [6, 6.07) is 0. The molecule has 1 N–H and O–H groups in total. The lowest BCUT2D eigenvalue weighted by atomic mass is 9.61. The molecule has 3 heteroatoms. The largest absolute Gasteiger partial charge is 0.463 e. The van der Waals surface area contributed by atoms with Crippen LogP contribution in [0.3, 0.4) is 0 Å². The molecule has 102 valence electrons. The number of carbonyl (C=O) groups is 1. The van der Waals surface area contributed by atoms with Crippen molar-refractivity contribution in [1.29, 1.82) is 0 Å². The van der Waals surface area contributed by atoms with Gasteiger partial charge in [0, 0.05) is 0 Å². The van der Waals surface area contributed by atoms with E-state index in [0.29, 0.717) is 0 Å². The molecule has 0 saturated heterocycles. The van der Waals surface area contributed by atoms with Gasteiger partial charge in [-0.25, -0.2) is 0 Å². The molecule has 0 aliphatic heterocycles. The minimum atomic E-state index is -0.541. The highest BCUT2D eigenvalue weighted by Gasteiger charge is 2.47. The summed E-state index contributed by atoms with van der Waals surface area (Å²) in [5.74, 6) is -0.214. The third-order valence-corrected chi connectivity index (χ3v) is 3.31. The van der Waals surface area contributed by atoms with Crippen molar-refractivity contribution < 1.29 is 14.6 Å². The predicted molar refractivity (Wildman–Crippen MR) is 69.7 cm³/mol. The summed E-state index contributed by atoms with van der Waals surface area (Å²) < 4.78 is 5.14. The minimum absolute atomic E-state index is 0.0558. The van der Waals surface area contributed by atoms with Gasteiger partial charge in [-0.3, -0.25) is 4.79 Å². The van der Waals surface area contributed by atoms with E-state index in [0.717, 1.165) is 6.42 Å². The van der Waals surface area contributed by atoms with Gasteiger partial charge >= 0.3 is 5.97 Å². The maximum Gasteiger partial charge on any atom is 0.312 e. The Bertz CT molecular complexity index is 258. The van der Waals surface area contributed by atoms with Crippen LogP contribution >= 0.6 is 0 Å². The average molecular weight is 244 g/mol. The Balaban J connectivity index is 5.05. The first-order chi connectivity index (χ1) is 7.44. The lowest BCUT2D eigenvalue weighted by Crippen LogP contribution is -2.44. The van der Waals surface area contributed by atoms with Crippen LogP contribution in [0.5, 0.6) is 0 Å². The molecule has 17 heavy (non-hydrogen) atoms. The SMILES string of the molecule is CC(C)(C)CC(C)(C(=O)OCCO)C(C)(C)C. The maximum atomic E-state index is 12.2. The van der Waals surface area contributed by atoms with Gasteiger partial charge in [0.05, 0.1) is 12.0 Å². The van der Waals surface area contributed by atoms with E-state index < -0.39 is 5.41 Å². The summed E-state index contributed by atoms with van der Waals surface area (Å²) in [5.41, 5.74) is -0.659. The monoisotopic (exact) mass is 244 g/mol. The number of ether oxygens (including phenoxy) is 1. The van der Waals surface area contributed by atoms with Gasteiger partial charge in [-0.1, -0.05) is 41.5 Å². The van der Waals surface area contributed by atoms with Crippen LogP contribution in [-0.4, -0.2) is 24.3 Å². The van der Waals surface area contributed by atoms with Gasteiger partial charge in [-0.15, -0.1) is 0 Å². The average Bonchev–Trinajstić information content (AvgIpc) is 2.09. The number of hydrogen-bond acceptors (Lipinski definition) is 3. The van der Waals surface area contributed by atoms with Crippen LogP contribution < -0.4 is 0 Å². The third-order valence-electron chi connectivity index (χ3n) is 3.31. The molecular weight excluding hydrogens is 216 g/mol. The van der Waals surface area contributed by atoms with Gasteiger partial charge in [0.25, 0.3) is 0 Å². The van der Waals surface area contributed by atoms with Crippen LogP contribution in [0, 0.1) is 16.2 Å². The van der Waals surface area contributed by atoms with Crippen molar-refractivity contribution in [2.75, 3.05) is 13.2 Å². The van der Waals surface area contributed by atoms with Gasteiger partial charge in [0.15, 0.2) is 0 Å². The van der Waals surface area contributed by atoms with Gasteiger partial charge in [-0.2, -0.15) is 0 Å². The molecule has 0 aliphatic carbocycles. The fraction of sp³-hybridized carbons (Fsp3) is 0.929. The van der Waals surface area contributed by atoms with E-state index in [-0.39, 0.29) is 30.0 Å². The Labute approximate surface area is 106 Å². The second-order valence-corrected chi connectivity index (χ2v) is 7.18. The molecule has 1 atom stereocenters. The smallest absolute Gasteiger partial charge is 0.312 e. The zero-order chi connectivity index (χ0) is 13.9. The van der Waals surface area contributed by atoms with Crippen LogP contribution in [0.25, 0.3) is 0 Å². The minimum Gasteiger partial charge on any atom is -0.463 e. The summed E-state index contributed by atoms with van der Waals surface area (Å²) in [6.45, 7) is 14.4. The number of aliphatic hydroxyl groups excluding tert-OH is 1. The van der Waals surface area contributed by atoms with Crippen LogP contribution in [-0.2, 0) is 9.53 Å². The van der Waals surface area contributed by atoms with E-state index >= 15 is 0 Å². The van der Waals surface area contributed by atoms with E-state index in [1.165, 1.54) is 0 Å². The Kier molecular flexibility index (Phi) is 5.20. The lowest BCUT2D eigenvalue weighted by Gasteiger charge is -2.43. The summed E-state index contributed by atoms with van der Waals surface area (Å²) in [6.07, 6.45) is 0.758. The second kappa shape index (κ2) is 5.38. The number of hydrogen-bond donors (Lipinski definition) is 1. The molecule has 0 spiro atoms. The molecule has 0 bridgehead atoms. The first kappa shape index (κ1) is 16.4. The zero-order valence-electron chi connectivity index (χ0n) is 12.4. The number of esters is 1. The van der Waals surface area contributed by atoms with E-state index in [2.05, 4.69) is 41.5 Å². The zero-order valence-corrected chi connectivity index (χ0v) is 12.4. The Morgan fingerprint density at radius 3 is 1.82 bits per heavy atom. The molecule has 0 aliphatic rings. The molecule has 0 aromatic rings. The molecule has 1 unspecified atom stereocenters. The van der Waals surface area contributed by atoms with E-state index in [9.17, 15) is 4.79 Å². The highest BCUT2D eigenvalue weighted by Crippen LogP contribution is 2.47. The van der Waals surface area contributed by atoms with E-state index in [1.807, 2.05) is 6.92 Å². The number of rotatable bonds is 4. The van der Waals surface area contributed by atoms with Crippen LogP contribution in [0.2, 0.25) is 0 Å². The molecule has 0 saturated carbocycles. The quantitative estimate of drug-likeness (QED) is 0.773. The highest BCUT2D eigenvalue weighted by molar-refractivity contribution is 5.77. The first-order valence-corrected chi connectivity index (χ1v) is 6.22. The van der Waals surface area contributed by atoms with Crippen molar-refractivity contribution in [2.45, 2.75) is 54.9 Å². The molecule has 0 radical (unpaired) electrons. The highest BCUT2D eigenvalue weighted by atomic mass is 16.5. The van der Waals surface area contributed by atoms with E-state index in [1.54, 1.807) is 0 Å². The summed E-state index contributed by atoms with van der Waals surface area (Å²) in [4.78, 5) is 12.2. The van der Waals surface area contributed by atoms with Crippen LogP contribution in [0.15, 0.2) is 0 Å². The maximum absolute atomic E-state index is 12.2. The second-order valence-electron chi connectivity index (χ2n) is 7.18. The number of carbonyl (C=O) groups excluding carboxylic acids is 1. The molecule has 0 aromatic heterocycles. The van der Waals surface area contributed by atoms with Crippen LogP contribution in [0.1, 0.15) is 54.9 Å². The molecule has 3 nitrogen and oxygen atoms in total. The predicted octanol–water partition coefficient (Wildman–Crippen LogP) is 3.01. The summed E-state index contributed by atoms with van der Waals surface area (Å²) in [5, 5.41) is 8.74. The summed E-state index contributed by atoms with van der Waals surface area (Å²) in [7, 11) is 0. The Hall–Kier alpha value is -0.570. The normalized spacial score (nSPS) is 16.5. The molecule has 0 rings (SSSR count). The summed E-state index contributed by atoms with van der Waals surface area (Å²) >= 11 is 0. The van der Waals surface area contributed by atoms with Crippen molar-refractivity contribution in [3.63, 3.8) is 0 Å². The molecule has 0 amide bonds. The molecule has 0 heterocycles. The lowest BCUT2D eigenvalue weighted by molar-refractivity contribution is -0.165. The molecular formula is C14H28O3. The standard InChI is InChI=1S/C14H28O3/c1-12(2,3)10-14(7,13(4,5)6)11(16)17-9-8-15/h15H,8-10H2,1-7H3. The van der Waals surface area contributed by atoms with Crippen molar-refractivity contribution in [3.8, 4) is 0 Å². The van der Waals surface area contributed by atoms with Crippen molar-refractivity contribution in [2.24, 2.45) is 16.2 Å². The topological polar surface area (TPSA) is 46.5 Å². The van der Waals surface area contributed by atoms with Gasteiger partial charge in [0.1, 0.15) is 6.61 Å². The number of aliphatic hydroxyl groups is 1. The van der Waals surface area contributed by atoms with Gasteiger partial charge in [-0.05, 0) is 24.2 Å². The van der Waals surface area contributed by atoms with E-state index in [4.69, 9.17) is 9.84 Å². The Morgan fingerprint density at radius 2 is 1.53 bits per heavy atom. The van der Waals surface area contributed by atoms with Crippen molar-refractivity contribution in [3.05, 3.63) is 0 Å². The van der Waals surface area contributed by atoms with Gasteiger partial charge in [0.2, 0.25) is 0 Å². The third kappa shape index (κ3) is 4.66. The fourth-order valence-electron chi connectivity index (χ4n) is 2.00.